The Morgan fingerprint density at radius 2 is 1.69 bits per heavy atom. The van der Waals surface area contributed by atoms with Crippen LogP contribution in [0.2, 0.25) is 0 Å². The summed E-state index contributed by atoms with van der Waals surface area (Å²) in [5.41, 5.74) is 0.527. The fourth-order valence-corrected chi connectivity index (χ4v) is 1.83. The van der Waals surface area contributed by atoms with Gasteiger partial charge in [-0.05, 0) is 11.8 Å². The van der Waals surface area contributed by atoms with E-state index in [2.05, 4.69) is 0 Å². The molecule has 0 unspecified atom stereocenters. The molecule has 0 fully saturated rings. The molecular weight excluding hydrogens is 251 g/mol. The van der Waals surface area contributed by atoms with Crippen molar-refractivity contribution >= 4 is 51.7 Å². The molecule has 70 valence electrons. The Kier molecular flexibility index (Phi) is 3.92. The fraction of sp³-hybridized carbons (Fsp3) is 0.125. The van der Waals surface area contributed by atoms with Crippen LogP contribution >= 0.6 is 46.6 Å². The first kappa shape index (κ1) is 11.2. The Morgan fingerprint density at radius 1 is 1.15 bits per heavy atom. The van der Waals surface area contributed by atoms with Crippen molar-refractivity contribution in [3.05, 3.63) is 35.9 Å². The predicted molar refractivity (Wildman–Crippen MR) is 58.7 cm³/mol. The quantitative estimate of drug-likeness (QED) is 0.708. The Hall–Kier alpha value is 0.110. The molecule has 0 saturated carbocycles. The van der Waals surface area contributed by atoms with Gasteiger partial charge >= 0.3 is 0 Å². The summed E-state index contributed by atoms with van der Waals surface area (Å²) in [5, 5.41) is -0.249. The van der Waals surface area contributed by atoms with Crippen molar-refractivity contribution in [2.75, 3.05) is 0 Å². The lowest BCUT2D eigenvalue weighted by Crippen LogP contribution is -2.02. The van der Waals surface area contributed by atoms with Gasteiger partial charge in [0.25, 0.3) is 0 Å². The summed E-state index contributed by atoms with van der Waals surface area (Å²) >= 11 is 17.0. The Labute approximate surface area is 95.4 Å². The van der Waals surface area contributed by atoms with E-state index in [1.54, 1.807) is 24.3 Å². The molecule has 0 spiro atoms. The highest BCUT2D eigenvalue weighted by Crippen LogP contribution is 2.40. The molecule has 1 nitrogen and oxygen atoms in total. The molecule has 0 amide bonds. The van der Waals surface area contributed by atoms with Crippen molar-refractivity contribution in [2.45, 2.75) is 3.12 Å². The molecule has 0 aromatic heterocycles. The standard InChI is InChI=1S/C8H5Cl3OS/c9-8(10,11)13-7(12)6-4-2-1-3-5-6/h1-5H. The number of hydrogen-bond donors (Lipinski definition) is 0. The number of carbonyl (C=O) groups is 1. The monoisotopic (exact) mass is 254 g/mol. The maximum atomic E-state index is 11.4. The molecule has 0 N–H and O–H groups in total. The highest BCUT2D eigenvalue weighted by molar-refractivity contribution is 8.18. The topological polar surface area (TPSA) is 17.1 Å². The van der Waals surface area contributed by atoms with Gasteiger partial charge in [-0.3, -0.25) is 4.79 Å². The van der Waals surface area contributed by atoms with E-state index in [0.29, 0.717) is 17.3 Å². The summed E-state index contributed by atoms with van der Waals surface area (Å²) in [6.45, 7) is 0. The van der Waals surface area contributed by atoms with Gasteiger partial charge < -0.3 is 0 Å². The van der Waals surface area contributed by atoms with Gasteiger partial charge in [0.2, 0.25) is 8.24 Å². The van der Waals surface area contributed by atoms with Gasteiger partial charge in [-0.15, -0.1) is 0 Å². The van der Waals surface area contributed by atoms with Crippen molar-refractivity contribution in [3.63, 3.8) is 0 Å². The fourth-order valence-electron chi connectivity index (χ4n) is 0.738. The van der Waals surface area contributed by atoms with Crippen LogP contribution in [0.4, 0.5) is 0 Å². The molecule has 0 heterocycles. The lowest BCUT2D eigenvalue weighted by molar-refractivity contribution is 0.108. The molecule has 0 atom stereocenters. The van der Waals surface area contributed by atoms with E-state index in [1.165, 1.54) is 0 Å². The summed E-state index contributed by atoms with van der Waals surface area (Å²) < 4.78 is -1.59. The van der Waals surface area contributed by atoms with E-state index >= 15 is 0 Å². The lowest BCUT2D eigenvalue weighted by Gasteiger charge is -2.07. The number of rotatable bonds is 1. The molecule has 13 heavy (non-hydrogen) atoms. The average molecular weight is 256 g/mol. The van der Waals surface area contributed by atoms with E-state index in [9.17, 15) is 4.79 Å². The molecule has 0 aliphatic carbocycles. The zero-order valence-electron chi connectivity index (χ0n) is 6.34. The molecule has 1 aromatic carbocycles. The van der Waals surface area contributed by atoms with Gasteiger partial charge in [0.05, 0.1) is 0 Å². The first-order chi connectivity index (χ1) is 5.99. The van der Waals surface area contributed by atoms with E-state index in [1.807, 2.05) is 6.07 Å². The van der Waals surface area contributed by atoms with E-state index < -0.39 is 3.12 Å². The van der Waals surface area contributed by atoms with E-state index in [0.717, 1.165) is 0 Å². The van der Waals surface area contributed by atoms with Crippen LogP contribution in [0.15, 0.2) is 30.3 Å². The first-order valence-corrected chi connectivity index (χ1v) is 5.29. The van der Waals surface area contributed by atoms with Gasteiger partial charge in [-0.1, -0.05) is 65.1 Å². The van der Waals surface area contributed by atoms with Crippen molar-refractivity contribution in [3.8, 4) is 0 Å². The van der Waals surface area contributed by atoms with Gasteiger partial charge in [0.15, 0.2) is 0 Å². The summed E-state index contributed by atoms with van der Waals surface area (Å²) in [4.78, 5) is 11.4. The van der Waals surface area contributed by atoms with Crippen LogP contribution in [0.25, 0.3) is 0 Å². The molecule has 1 aromatic rings. The average Bonchev–Trinajstić information content (AvgIpc) is 2.03. The van der Waals surface area contributed by atoms with Crippen LogP contribution in [0.5, 0.6) is 0 Å². The minimum absolute atomic E-state index is 0.249. The summed E-state index contributed by atoms with van der Waals surface area (Å²) in [7, 11) is 0. The zero-order valence-corrected chi connectivity index (χ0v) is 9.42. The third kappa shape index (κ3) is 4.23. The SMILES string of the molecule is O=C(SC(Cl)(Cl)Cl)c1ccccc1. The minimum Gasteiger partial charge on any atom is -0.281 e. The Balaban J connectivity index is 2.71. The van der Waals surface area contributed by atoms with Crippen LogP contribution in [-0.4, -0.2) is 8.24 Å². The molecule has 0 aliphatic heterocycles. The Morgan fingerprint density at radius 3 is 2.15 bits per heavy atom. The van der Waals surface area contributed by atoms with Gasteiger partial charge in [-0.25, -0.2) is 0 Å². The summed E-state index contributed by atoms with van der Waals surface area (Å²) in [6.07, 6.45) is 0. The molecule has 0 saturated heterocycles. The second kappa shape index (κ2) is 4.56. The Bertz CT molecular complexity index is 294. The van der Waals surface area contributed by atoms with Crippen LogP contribution in [0, 0.1) is 0 Å². The van der Waals surface area contributed by atoms with E-state index in [-0.39, 0.29) is 5.12 Å². The molecular formula is C8H5Cl3OS. The lowest BCUT2D eigenvalue weighted by atomic mass is 10.2. The third-order valence-corrected chi connectivity index (χ3v) is 2.56. The second-order valence-electron chi connectivity index (χ2n) is 2.20. The second-order valence-corrected chi connectivity index (χ2v) is 6.34. The third-order valence-electron chi connectivity index (χ3n) is 1.22. The maximum absolute atomic E-state index is 11.4. The number of benzene rings is 1. The van der Waals surface area contributed by atoms with Crippen LogP contribution < -0.4 is 0 Å². The van der Waals surface area contributed by atoms with Crippen LogP contribution in [0.1, 0.15) is 10.4 Å². The molecule has 0 bridgehead atoms. The maximum Gasteiger partial charge on any atom is 0.244 e. The highest BCUT2D eigenvalue weighted by Gasteiger charge is 2.25. The largest absolute Gasteiger partial charge is 0.281 e. The number of alkyl halides is 3. The van der Waals surface area contributed by atoms with Gasteiger partial charge in [0.1, 0.15) is 0 Å². The molecule has 0 aliphatic rings. The van der Waals surface area contributed by atoms with Crippen LogP contribution in [0.3, 0.4) is 0 Å². The van der Waals surface area contributed by atoms with E-state index in [4.69, 9.17) is 34.8 Å². The summed E-state index contributed by atoms with van der Waals surface area (Å²) in [6, 6.07) is 8.67. The van der Waals surface area contributed by atoms with Gasteiger partial charge in [0, 0.05) is 5.56 Å². The number of thioether (sulfide) groups is 1. The first-order valence-electron chi connectivity index (χ1n) is 3.34. The molecule has 0 radical (unpaired) electrons. The molecule has 1 rings (SSSR count). The van der Waals surface area contributed by atoms with Crippen molar-refractivity contribution in [2.24, 2.45) is 0 Å². The predicted octanol–water partition coefficient (Wildman–Crippen LogP) is 3.89. The van der Waals surface area contributed by atoms with Crippen molar-refractivity contribution < 1.29 is 4.79 Å². The normalized spacial score (nSPS) is 11.3. The highest BCUT2D eigenvalue weighted by atomic mass is 35.6. The summed E-state index contributed by atoms with van der Waals surface area (Å²) in [5.74, 6) is 0. The van der Waals surface area contributed by atoms with Crippen molar-refractivity contribution in [1.29, 1.82) is 0 Å². The van der Waals surface area contributed by atoms with Crippen molar-refractivity contribution in [1.82, 2.24) is 0 Å². The van der Waals surface area contributed by atoms with Gasteiger partial charge in [-0.2, -0.15) is 0 Å². The smallest absolute Gasteiger partial charge is 0.244 e. The minimum atomic E-state index is -1.59. The molecule has 5 heteroatoms. The van der Waals surface area contributed by atoms with Crippen LogP contribution in [-0.2, 0) is 0 Å². The number of hydrogen-bond acceptors (Lipinski definition) is 2. The number of carbonyl (C=O) groups excluding carboxylic acids is 1. The number of halogens is 3. The zero-order chi connectivity index (χ0) is 9.90.